The number of benzene rings is 2. The van der Waals surface area contributed by atoms with E-state index in [9.17, 15) is 13.5 Å². The number of sulfonamides is 1. The fraction of sp³-hybridized carbons (Fsp3) is 0.538. The van der Waals surface area contributed by atoms with E-state index in [1.807, 2.05) is 12.1 Å². The third-order valence-corrected chi connectivity index (χ3v) is 9.35. The van der Waals surface area contributed by atoms with Crippen molar-refractivity contribution in [1.82, 2.24) is 4.90 Å². The molecule has 0 radical (unpaired) electrons. The number of phenols is 1. The van der Waals surface area contributed by atoms with E-state index in [2.05, 4.69) is 41.0 Å². The van der Waals surface area contributed by atoms with Crippen LogP contribution in [0.25, 0.3) is 0 Å². The van der Waals surface area contributed by atoms with E-state index in [0.29, 0.717) is 22.8 Å². The van der Waals surface area contributed by atoms with Gasteiger partial charge in [0.2, 0.25) is 10.0 Å². The van der Waals surface area contributed by atoms with Gasteiger partial charge in [0, 0.05) is 22.8 Å². The molecule has 7 heteroatoms. The Morgan fingerprint density at radius 1 is 1.09 bits per heavy atom. The van der Waals surface area contributed by atoms with Gasteiger partial charge in [0.25, 0.3) is 0 Å². The van der Waals surface area contributed by atoms with Gasteiger partial charge in [0.15, 0.2) is 0 Å². The van der Waals surface area contributed by atoms with Gasteiger partial charge in [0.1, 0.15) is 5.75 Å². The molecular formula is C26H35N3O3S. The summed E-state index contributed by atoms with van der Waals surface area (Å²) in [7, 11) is -1.02. The number of hydrogen-bond acceptors (Lipinski definition) is 5. The second-order valence-electron chi connectivity index (χ2n) is 10.4. The summed E-state index contributed by atoms with van der Waals surface area (Å²) in [6.07, 6.45) is 9.60. The van der Waals surface area contributed by atoms with Crippen LogP contribution in [0.5, 0.6) is 5.75 Å². The zero-order valence-corrected chi connectivity index (χ0v) is 20.6. The molecular weight excluding hydrogens is 434 g/mol. The smallest absolute Gasteiger partial charge is 0.229 e. The number of anilines is 3. The van der Waals surface area contributed by atoms with Crippen molar-refractivity contribution in [3.05, 3.63) is 47.5 Å². The van der Waals surface area contributed by atoms with Crippen molar-refractivity contribution in [1.29, 1.82) is 0 Å². The van der Waals surface area contributed by atoms with Crippen LogP contribution in [0.4, 0.5) is 17.1 Å². The molecule has 6 nitrogen and oxygen atoms in total. The Bertz CT molecular complexity index is 1160. The van der Waals surface area contributed by atoms with Crippen LogP contribution in [0.2, 0.25) is 0 Å². The van der Waals surface area contributed by atoms with Crippen LogP contribution in [0.3, 0.4) is 0 Å². The topological polar surface area (TPSA) is 81.7 Å². The molecule has 1 heterocycles. The summed E-state index contributed by atoms with van der Waals surface area (Å²) in [6, 6.07) is 11.8. The molecule has 3 atom stereocenters. The van der Waals surface area contributed by atoms with Crippen LogP contribution in [-0.4, -0.2) is 44.3 Å². The Morgan fingerprint density at radius 3 is 2.48 bits per heavy atom. The first kappa shape index (κ1) is 22.5. The summed E-state index contributed by atoms with van der Waals surface area (Å²) >= 11 is 0. The first-order chi connectivity index (χ1) is 15.7. The van der Waals surface area contributed by atoms with E-state index in [1.54, 1.807) is 12.1 Å². The first-order valence-electron chi connectivity index (χ1n) is 12.1. The van der Waals surface area contributed by atoms with E-state index >= 15 is 0 Å². The van der Waals surface area contributed by atoms with Crippen LogP contribution in [0.15, 0.2) is 36.4 Å². The minimum absolute atomic E-state index is 0.166. The molecule has 1 saturated heterocycles. The van der Waals surface area contributed by atoms with E-state index in [4.69, 9.17) is 0 Å². The van der Waals surface area contributed by atoms with Crippen LogP contribution in [-0.2, 0) is 21.9 Å². The number of aromatic hydroxyl groups is 1. The van der Waals surface area contributed by atoms with Gasteiger partial charge in [-0.05, 0) is 98.6 Å². The van der Waals surface area contributed by atoms with Gasteiger partial charge in [-0.15, -0.1) is 0 Å². The average molecular weight is 470 g/mol. The Hall–Kier alpha value is -2.25. The lowest BCUT2D eigenvalue weighted by Crippen LogP contribution is -2.67. The molecule has 5 rings (SSSR count). The zero-order chi connectivity index (χ0) is 23.4. The number of hydrogen-bond donors (Lipinski definition) is 3. The number of piperidine rings is 1. The Balaban J connectivity index is 1.50. The summed E-state index contributed by atoms with van der Waals surface area (Å²) in [5.74, 6) is 0.286. The van der Waals surface area contributed by atoms with Crippen LogP contribution in [0.1, 0.15) is 56.6 Å². The predicted molar refractivity (Wildman–Crippen MR) is 134 cm³/mol. The summed E-state index contributed by atoms with van der Waals surface area (Å²) in [4.78, 5) is 2.59. The van der Waals surface area contributed by atoms with Gasteiger partial charge in [0.05, 0.1) is 11.9 Å². The molecule has 2 bridgehead atoms. The summed E-state index contributed by atoms with van der Waals surface area (Å²) < 4.78 is 25.4. The van der Waals surface area contributed by atoms with Crippen molar-refractivity contribution in [3.63, 3.8) is 0 Å². The summed E-state index contributed by atoms with van der Waals surface area (Å²) in [5, 5.41) is 14.4. The quantitative estimate of drug-likeness (QED) is 0.538. The van der Waals surface area contributed by atoms with Gasteiger partial charge < -0.3 is 15.3 Å². The minimum Gasteiger partial charge on any atom is -0.506 e. The van der Waals surface area contributed by atoms with Crippen molar-refractivity contribution >= 4 is 27.1 Å². The highest BCUT2D eigenvalue weighted by atomic mass is 32.2. The summed E-state index contributed by atoms with van der Waals surface area (Å²) in [6.45, 7) is 3.50. The van der Waals surface area contributed by atoms with Gasteiger partial charge >= 0.3 is 0 Å². The highest BCUT2D eigenvalue weighted by Crippen LogP contribution is 2.65. The van der Waals surface area contributed by atoms with Crippen molar-refractivity contribution < 1.29 is 13.5 Å². The van der Waals surface area contributed by atoms with Gasteiger partial charge in [-0.2, -0.15) is 0 Å². The molecule has 2 aromatic rings. The largest absolute Gasteiger partial charge is 0.506 e. The van der Waals surface area contributed by atoms with Crippen molar-refractivity contribution in [2.24, 2.45) is 5.41 Å². The number of likely N-dealkylation sites (tertiary alicyclic amines) is 1. The average Bonchev–Trinajstić information content (AvgIpc) is 2.77. The Morgan fingerprint density at radius 2 is 1.79 bits per heavy atom. The number of rotatable bonds is 5. The second kappa shape index (κ2) is 7.91. The maximum Gasteiger partial charge on any atom is 0.229 e. The lowest BCUT2D eigenvalue weighted by molar-refractivity contribution is -0.0889. The number of likely N-dealkylation sites (N-methyl/N-ethyl adjacent to an activating group) is 1. The Kier molecular flexibility index (Phi) is 5.40. The Labute approximate surface area is 197 Å². The predicted octanol–water partition coefficient (Wildman–Crippen LogP) is 4.98. The number of fused-ring (bicyclic) bond motifs is 1. The maximum atomic E-state index is 11.4. The zero-order valence-electron chi connectivity index (χ0n) is 19.8. The minimum atomic E-state index is -3.31. The van der Waals surface area contributed by atoms with Crippen LogP contribution >= 0.6 is 0 Å². The van der Waals surface area contributed by atoms with Crippen LogP contribution < -0.4 is 10.0 Å². The second-order valence-corrected chi connectivity index (χ2v) is 12.1. The molecule has 33 heavy (non-hydrogen) atoms. The number of phenolic OH excluding ortho intramolecular Hbond substituents is 1. The van der Waals surface area contributed by atoms with Gasteiger partial charge in [-0.25, -0.2) is 8.42 Å². The van der Waals surface area contributed by atoms with Gasteiger partial charge in [-0.1, -0.05) is 19.8 Å². The van der Waals surface area contributed by atoms with E-state index < -0.39 is 10.0 Å². The van der Waals surface area contributed by atoms with Crippen molar-refractivity contribution in [2.45, 2.75) is 63.3 Å². The molecule has 2 aromatic carbocycles. The number of nitrogens with one attached hydrogen (secondary N) is 2. The monoisotopic (exact) mass is 469 g/mol. The molecule has 2 fully saturated rings. The molecule has 2 aliphatic carbocycles. The van der Waals surface area contributed by atoms with Crippen molar-refractivity contribution in [3.8, 4) is 5.75 Å². The third kappa shape index (κ3) is 3.60. The molecule has 0 unspecified atom stereocenters. The third-order valence-electron chi connectivity index (χ3n) is 8.74. The maximum absolute atomic E-state index is 11.4. The standard InChI is InChI=1S/C26H35N3O3S/c1-4-25-11-5-6-12-26(25)13-14-29(2)24(25)16-18-15-22(23(30)17-21(18)26)27-19-7-9-20(10-8-19)28-33(3,31)32/h7-10,15,17,24,27-28,30H,4-6,11-14,16H2,1-3H3/t24-,25+,26+/m0/s1. The first-order valence-corrected chi connectivity index (χ1v) is 14.0. The number of nitrogens with zero attached hydrogens (tertiary/aromatic N) is 1. The lowest BCUT2D eigenvalue weighted by Gasteiger charge is -2.66. The highest BCUT2D eigenvalue weighted by Gasteiger charge is 2.62. The molecule has 0 amide bonds. The SMILES string of the molecule is CC[C@]12CCCC[C@]13CCN(C)[C@H]2Cc1cc(Nc2ccc(NS(C)(=O)=O)cc2)c(O)cc13. The fourth-order valence-corrected chi connectivity index (χ4v) is 7.91. The normalized spacial score (nSPS) is 29.1. The molecule has 1 aliphatic heterocycles. The molecule has 178 valence electrons. The summed E-state index contributed by atoms with van der Waals surface area (Å²) in [5.41, 5.74) is 5.22. The van der Waals surface area contributed by atoms with Crippen LogP contribution in [0, 0.1) is 5.41 Å². The lowest BCUT2D eigenvalue weighted by atomic mass is 9.43. The molecule has 3 N–H and O–H groups in total. The molecule has 1 saturated carbocycles. The fourth-order valence-electron chi connectivity index (χ4n) is 7.35. The molecule has 3 aliphatic rings. The molecule has 0 aromatic heterocycles. The van der Waals surface area contributed by atoms with E-state index in [-0.39, 0.29) is 11.2 Å². The molecule has 0 spiro atoms. The highest BCUT2D eigenvalue weighted by molar-refractivity contribution is 7.92. The van der Waals surface area contributed by atoms with Crippen molar-refractivity contribution in [2.75, 3.05) is 29.9 Å². The van der Waals surface area contributed by atoms with E-state index in [0.717, 1.165) is 24.9 Å². The van der Waals surface area contributed by atoms with Gasteiger partial charge in [-0.3, -0.25) is 4.72 Å². The van der Waals surface area contributed by atoms with E-state index in [1.165, 1.54) is 49.7 Å².